The Hall–Kier alpha value is -2.30. The summed E-state index contributed by atoms with van der Waals surface area (Å²) in [4.78, 5) is 23.1. The molecule has 1 unspecified atom stereocenters. The van der Waals surface area contributed by atoms with Gasteiger partial charge in [-0.05, 0) is 57.2 Å². The highest BCUT2D eigenvalue weighted by Crippen LogP contribution is 2.29. The Labute approximate surface area is 148 Å². The first kappa shape index (κ1) is 16.2. The van der Waals surface area contributed by atoms with Crippen molar-refractivity contribution in [3.8, 4) is 0 Å². The molecule has 5 nitrogen and oxygen atoms in total. The van der Waals surface area contributed by atoms with Crippen LogP contribution in [0.3, 0.4) is 0 Å². The number of allylic oxidation sites excluding steroid dienone is 1. The topological polar surface area (TPSA) is 58.2 Å². The molecular formula is C20H25N3O2. The van der Waals surface area contributed by atoms with Crippen LogP contribution in [0.5, 0.6) is 0 Å². The summed E-state index contributed by atoms with van der Waals surface area (Å²) in [6, 6.07) is 6.27. The molecule has 1 fully saturated rings. The molecule has 1 saturated heterocycles. The highest BCUT2D eigenvalue weighted by atomic mass is 16.5. The molecule has 1 aromatic carbocycles. The summed E-state index contributed by atoms with van der Waals surface area (Å²) < 4.78 is 5.58. The fraction of sp³-hybridized carbons (Fsp3) is 0.500. The maximum Gasteiger partial charge on any atom is 0.253 e. The molecule has 5 heteroatoms. The number of hydrogen-bond donors (Lipinski definition) is 1. The van der Waals surface area contributed by atoms with E-state index in [1.807, 2.05) is 11.8 Å². The van der Waals surface area contributed by atoms with E-state index in [1.165, 1.54) is 5.56 Å². The Kier molecular flexibility index (Phi) is 4.24. The summed E-state index contributed by atoms with van der Waals surface area (Å²) >= 11 is 0. The number of carbonyl (C=O) groups is 1. The van der Waals surface area contributed by atoms with Gasteiger partial charge in [-0.2, -0.15) is 0 Å². The number of aryl methyl sites for hydroxylation is 1. The molecule has 132 valence electrons. The molecule has 3 heterocycles. The number of likely N-dealkylation sites (tertiary alicyclic amines) is 1. The summed E-state index contributed by atoms with van der Waals surface area (Å²) in [5.41, 5.74) is 4.16. The number of benzene rings is 1. The SMILES string of the molecule is CC1=C(C(=O)N2CCCC(c3nc4ccc(C)cc4[nH]3)C2)CCCO1. The van der Waals surface area contributed by atoms with Crippen LogP contribution in [0.15, 0.2) is 29.5 Å². The van der Waals surface area contributed by atoms with Gasteiger partial charge < -0.3 is 14.6 Å². The Bertz CT molecular complexity index is 837. The third-order valence-corrected chi connectivity index (χ3v) is 5.32. The van der Waals surface area contributed by atoms with E-state index in [9.17, 15) is 4.79 Å². The van der Waals surface area contributed by atoms with Crippen LogP contribution in [0.1, 0.15) is 49.9 Å². The maximum absolute atomic E-state index is 12.9. The Morgan fingerprint density at radius 3 is 3.04 bits per heavy atom. The van der Waals surface area contributed by atoms with E-state index in [4.69, 9.17) is 9.72 Å². The standard InChI is InChI=1S/C20H25N3O2/c1-13-7-8-17-18(11-13)22-19(21-17)15-5-3-9-23(12-15)20(24)16-6-4-10-25-14(16)2/h7-8,11,15H,3-6,9-10,12H2,1-2H3,(H,21,22). The molecule has 0 radical (unpaired) electrons. The fourth-order valence-electron chi connectivity index (χ4n) is 3.91. The lowest BCUT2D eigenvalue weighted by Gasteiger charge is -2.33. The molecule has 25 heavy (non-hydrogen) atoms. The number of aromatic nitrogens is 2. The maximum atomic E-state index is 12.9. The van der Waals surface area contributed by atoms with Crippen LogP contribution in [-0.4, -0.2) is 40.5 Å². The summed E-state index contributed by atoms with van der Waals surface area (Å²) in [5, 5.41) is 0. The van der Waals surface area contributed by atoms with E-state index >= 15 is 0 Å². The summed E-state index contributed by atoms with van der Waals surface area (Å²) in [7, 11) is 0. The van der Waals surface area contributed by atoms with Gasteiger partial charge in [0.1, 0.15) is 11.6 Å². The van der Waals surface area contributed by atoms with Crippen molar-refractivity contribution in [3.05, 3.63) is 40.9 Å². The second kappa shape index (κ2) is 6.54. The number of hydrogen-bond acceptors (Lipinski definition) is 3. The van der Waals surface area contributed by atoms with Crippen molar-refractivity contribution in [1.29, 1.82) is 0 Å². The Morgan fingerprint density at radius 1 is 1.32 bits per heavy atom. The molecule has 1 N–H and O–H groups in total. The molecule has 0 saturated carbocycles. The molecule has 0 spiro atoms. The normalized spacial score (nSPS) is 21.5. The van der Waals surface area contributed by atoms with E-state index in [1.54, 1.807) is 0 Å². The lowest BCUT2D eigenvalue weighted by molar-refractivity contribution is -0.129. The number of amides is 1. The first-order valence-electron chi connectivity index (χ1n) is 9.20. The predicted octanol–water partition coefficient (Wildman–Crippen LogP) is 3.66. The fourth-order valence-corrected chi connectivity index (χ4v) is 3.91. The van der Waals surface area contributed by atoms with Crippen LogP contribution in [0.4, 0.5) is 0 Å². The van der Waals surface area contributed by atoms with Crippen molar-refractivity contribution in [1.82, 2.24) is 14.9 Å². The predicted molar refractivity (Wildman–Crippen MR) is 97.3 cm³/mol. The van der Waals surface area contributed by atoms with Crippen molar-refractivity contribution in [2.45, 2.75) is 45.4 Å². The van der Waals surface area contributed by atoms with Gasteiger partial charge in [0.25, 0.3) is 5.91 Å². The average Bonchev–Trinajstić information content (AvgIpc) is 3.05. The van der Waals surface area contributed by atoms with E-state index in [0.29, 0.717) is 0 Å². The lowest BCUT2D eigenvalue weighted by atomic mass is 9.96. The number of rotatable bonds is 2. The third kappa shape index (κ3) is 3.15. The van der Waals surface area contributed by atoms with Gasteiger partial charge in [-0.3, -0.25) is 4.79 Å². The van der Waals surface area contributed by atoms with Crippen molar-refractivity contribution < 1.29 is 9.53 Å². The highest BCUT2D eigenvalue weighted by Gasteiger charge is 2.30. The zero-order valence-electron chi connectivity index (χ0n) is 15.0. The quantitative estimate of drug-likeness (QED) is 0.908. The number of fused-ring (bicyclic) bond motifs is 1. The number of piperidine rings is 1. The van der Waals surface area contributed by atoms with E-state index < -0.39 is 0 Å². The number of nitrogens with one attached hydrogen (secondary N) is 1. The summed E-state index contributed by atoms with van der Waals surface area (Å²) in [6.07, 6.45) is 3.84. The van der Waals surface area contributed by atoms with Gasteiger partial charge in [0, 0.05) is 19.0 Å². The minimum absolute atomic E-state index is 0.147. The Balaban J connectivity index is 1.54. The van der Waals surface area contributed by atoms with Gasteiger partial charge in [-0.15, -0.1) is 0 Å². The molecule has 1 aromatic heterocycles. The number of imidazole rings is 1. The molecular weight excluding hydrogens is 314 g/mol. The molecule has 4 rings (SSSR count). The highest BCUT2D eigenvalue weighted by molar-refractivity contribution is 5.94. The van der Waals surface area contributed by atoms with Crippen molar-refractivity contribution in [3.63, 3.8) is 0 Å². The molecule has 1 atom stereocenters. The molecule has 0 bridgehead atoms. The van der Waals surface area contributed by atoms with E-state index in [-0.39, 0.29) is 11.8 Å². The number of nitrogens with zero attached hydrogens (tertiary/aromatic N) is 2. The largest absolute Gasteiger partial charge is 0.498 e. The average molecular weight is 339 g/mol. The van der Waals surface area contributed by atoms with Crippen molar-refractivity contribution in [2.75, 3.05) is 19.7 Å². The molecule has 0 aliphatic carbocycles. The van der Waals surface area contributed by atoms with Crippen molar-refractivity contribution >= 4 is 16.9 Å². The second-order valence-corrected chi connectivity index (χ2v) is 7.22. The first-order valence-corrected chi connectivity index (χ1v) is 9.20. The van der Waals surface area contributed by atoms with Gasteiger partial charge in [0.2, 0.25) is 0 Å². The number of H-pyrrole nitrogens is 1. The zero-order valence-corrected chi connectivity index (χ0v) is 15.0. The minimum atomic E-state index is 0.147. The van der Waals surface area contributed by atoms with Crippen molar-refractivity contribution in [2.24, 2.45) is 0 Å². The Morgan fingerprint density at radius 2 is 2.20 bits per heavy atom. The summed E-state index contributed by atoms with van der Waals surface area (Å²) in [6.45, 7) is 6.28. The van der Waals surface area contributed by atoms with E-state index in [2.05, 4.69) is 30.1 Å². The minimum Gasteiger partial charge on any atom is -0.498 e. The van der Waals surface area contributed by atoms with E-state index in [0.717, 1.165) is 73.6 Å². The number of ether oxygens (including phenoxy) is 1. The first-order chi connectivity index (χ1) is 12.1. The van der Waals surface area contributed by atoms with Gasteiger partial charge in [0.15, 0.2) is 0 Å². The molecule has 1 amide bonds. The lowest BCUT2D eigenvalue weighted by Crippen LogP contribution is -2.40. The second-order valence-electron chi connectivity index (χ2n) is 7.22. The van der Waals surface area contributed by atoms with Crippen LogP contribution in [-0.2, 0) is 9.53 Å². The molecule has 2 aliphatic heterocycles. The van der Waals surface area contributed by atoms with Gasteiger partial charge in [-0.1, -0.05) is 6.07 Å². The van der Waals surface area contributed by atoms with Gasteiger partial charge in [0.05, 0.1) is 23.2 Å². The third-order valence-electron chi connectivity index (χ3n) is 5.32. The zero-order chi connectivity index (χ0) is 17.4. The monoisotopic (exact) mass is 339 g/mol. The molecule has 2 aromatic rings. The van der Waals surface area contributed by atoms with Crippen LogP contribution < -0.4 is 0 Å². The van der Waals surface area contributed by atoms with Crippen LogP contribution >= 0.6 is 0 Å². The van der Waals surface area contributed by atoms with Crippen LogP contribution in [0.2, 0.25) is 0 Å². The van der Waals surface area contributed by atoms with Gasteiger partial charge >= 0.3 is 0 Å². The van der Waals surface area contributed by atoms with Crippen LogP contribution in [0, 0.1) is 6.92 Å². The van der Waals surface area contributed by atoms with Gasteiger partial charge in [-0.25, -0.2) is 4.98 Å². The summed E-state index contributed by atoms with van der Waals surface area (Å²) in [5.74, 6) is 2.23. The number of aromatic amines is 1. The van der Waals surface area contributed by atoms with Crippen LogP contribution in [0.25, 0.3) is 11.0 Å². The molecule has 2 aliphatic rings. The number of carbonyl (C=O) groups excluding carboxylic acids is 1. The smallest absolute Gasteiger partial charge is 0.253 e.